The van der Waals surface area contributed by atoms with Crippen LogP contribution < -0.4 is 14.4 Å². The molecule has 122 valence electrons. The first kappa shape index (κ1) is 14.8. The number of anilines is 2. The highest BCUT2D eigenvalue weighted by molar-refractivity contribution is 5.94. The van der Waals surface area contributed by atoms with E-state index >= 15 is 0 Å². The summed E-state index contributed by atoms with van der Waals surface area (Å²) < 4.78 is 10.8. The lowest BCUT2D eigenvalue weighted by Crippen LogP contribution is -2.25. The van der Waals surface area contributed by atoms with Gasteiger partial charge in [-0.1, -0.05) is 18.2 Å². The van der Waals surface area contributed by atoms with Gasteiger partial charge in [-0.2, -0.15) is 0 Å². The van der Waals surface area contributed by atoms with E-state index in [0.717, 1.165) is 23.1 Å². The summed E-state index contributed by atoms with van der Waals surface area (Å²) in [5.41, 5.74) is 3.39. The zero-order valence-electron chi connectivity index (χ0n) is 14.0. The number of hydrogen-bond acceptors (Lipinski definition) is 5. The molecule has 4 rings (SSSR count). The summed E-state index contributed by atoms with van der Waals surface area (Å²) in [4.78, 5) is 11.3. The van der Waals surface area contributed by atoms with Gasteiger partial charge in [0.1, 0.15) is 12.1 Å². The molecule has 0 fully saturated rings. The molecule has 2 heterocycles. The van der Waals surface area contributed by atoms with E-state index in [1.165, 1.54) is 11.3 Å². The number of rotatable bonds is 3. The van der Waals surface area contributed by atoms with E-state index in [9.17, 15) is 0 Å². The molecule has 0 spiro atoms. The van der Waals surface area contributed by atoms with Gasteiger partial charge in [0.15, 0.2) is 11.5 Å². The Morgan fingerprint density at radius 2 is 1.79 bits per heavy atom. The standard InChI is InChI=1S/C19H19N3O2/c1-12-8-13-6-4-5-7-16(13)22(12)19-14-9-17(23-2)18(24-3)10-15(14)20-11-21-19/h4-7,9-12H,8H2,1-3H3. The van der Waals surface area contributed by atoms with Gasteiger partial charge in [-0.25, -0.2) is 9.97 Å². The lowest BCUT2D eigenvalue weighted by Gasteiger charge is -2.25. The van der Waals surface area contributed by atoms with Gasteiger partial charge in [0.05, 0.1) is 19.7 Å². The molecular formula is C19H19N3O2. The predicted octanol–water partition coefficient (Wildman–Crippen LogP) is 3.73. The Hall–Kier alpha value is -2.82. The molecular weight excluding hydrogens is 302 g/mol. The van der Waals surface area contributed by atoms with Crippen molar-refractivity contribution in [2.24, 2.45) is 0 Å². The molecule has 5 heteroatoms. The largest absolute Gasteiger partial charge is 0.493 e. The quantitative estimate of drug-likeness (QED) is 0.735. The number of nitrogens with zero attached hydrogens (tertiary/aromatic N) is 3. The second-order valence-corrected chi connectivity index (χ2v) is 5.97. The van der Waals surface area contributed by atoms with Crippen LogP contribution in [0.1, 0.15) is 12.5 Å². The van der Waals surface area contributed by atoms with E-state index in [2.05, 4.69) is 46.1 Å². The number of methoxy groups -OCH3 is 2. The Kier molecular flexibility index (Phi) is 3.49. The van der Waals surface area contributed by atoms with Crippen molar-refractivity contribution >= 4 is 22.4 Å². The van der Waals surface area contributed by atoms with Gasteiger partial charge in [0.25, 0.3) is 0 Å². The minimum atomic E-state index is 0.341. The lowest BCUT2D eigenvalue weighted by molar-refractivity contribution is 0.356. The molecule has 1 aromatic heterocycles. The maximum atomic E-state index is 5.46. The van der Waals surface area contributed by atoms with Crippen LogP contribution in [0.2, 0.25) is 0 Å². The van der Waals surface area contributed by atoms with Crippen LogP contribution >= 0.6 is 0 Å². The molecule has 0 radical (unpaired) electrons. The van der Waals surface area contributed by atoms with Crippen molar-refractivity contribution in [2.75, 3.05) is 19.1 Å². The summed E-state index contributed by atoms with van der Waals surface area (Å²) >= 11 is 0. The molecule has 0 saturated heterocycles. The van der Waals surface area contributed by atoms with Crippen molar-refractivity contribution in [3.05, 3.63) is 48.3 Å². The van der Waals surface area contributed by atoms with E-state index < -0.39 is 0 Å². The third-order valence-corrected chi connectivity index (χ3v) is 4.56. The highest BCUT2D eigenvalue weighted by atomic mass is 16.5. The van der Waals surface area contributed by atoms with Crippen molar-refractivity contribution in [2.45, 2.75) is 19.4 Å². The van der Waals surface area contributed by atoms with Crippen LogP contribution in [-0.2, 0) is 6.42 Å². The average Bonchev–Trinajstić information content (AvgIpc) is 2.95. The maximum absolute atomic E-state index is 5.46. The van der Waals surface area contributed by atoms with Gasteiger partial charge in [-0.05, 0) is 31.0 Å². The summed E-state index contributed by atoms with van der Waals surface area (Å²) in [6, 6.07) is 12.7. The molecule has 0 bridgehead atoms. The molecule has 1 atom stereocenters. The van der Waals surface area contributed by atoms with Crippen LogP contribution in [0.5, 0.6) is 11.5 Å². The molecule has 0 saturated carbocycles. The highest BCUT2D eigenvalue weighted by Crippen LogP contribution is 2.41. The number of hydrogen-bond donors (Lipinski definition) is 0. The first-order valence-electron chi connectivity index (χ1n) is 7.96. The fourth-order valence-electron chi connectivity index (χ4n) is 3.45. The van der Waals surface area contributed by atoms with Gasteiger partial charge in [0.2, 0.25) is 0 Å². The zero-order chi connectivity index (χ0) is 16.7. The van der Waals surface area contributed by atoms with Crippen LogP contribution in [0.15, 0.2) is 42.7 Å². The summed E-state index contributed by atoms with van der Waals surface area (Å²) in [5.74, 6) is 2.25. The van der Waals surface area contributed by atoms with E-state index in [4.69, 9.17) is 9.47 Å². The molecule has 0 amide bonds. The van der Waals surface area contributed by atoms with Crippen molar-refractivity contribution in [1.29, 1.82) is 0 Å². The monoisotopic (exact) mass is 321 g/mol. The molecule has 0 N–H and O–H groups in total. The fraction of sp³-hybridized carbons (Fsp3) is 0.263. The average molecular weight is 321 g/mol. The number of fused-ring (bicyclic) bond motifs is 2. The van der Waals surface area contributed by atoms with Crippen LogP contribution in [0.25, 0.3) is 10.9 Å². The molecule has 24 heavy (non-hydrogen) atoms. The Morgan fingerprint density at radius 3 is 2.58 bits per heavy atom. The second kappa shape index (κ2) is 5.67. The maximum Gasteiger partial charge on any atom is 0.162 e. The van der Waals surface area contributed by atoms with Crippen molar-refractivity contribution in [3.8, 4) is 11.5 Å². The van der Waals surface area contributed by atoms with Gasteiger partial charge < -0.3 is 14.4 Å². The van der Waals surface area contributed by atoms with Crippen LogP contribution in [0.3, 0.4) is 0 Å². The summed E-state index contributed by atoms with van der Waals surface area (Å²) in [6.45, 7) is 2.22. The van der Waals surface area contributed by atoms with Crippen LogP contribution in [-0.4, -0.2) is 30.2 Å². The molecule has 0 aliphatic carbocycles. The third-order valence-electron chi connectivity index (χ3n) is 4.56. The predicted molar refractivity (Wildman–Crippen MR) is 94.4 cm³/mol. The van der Waals surface area contributed by atoms with Gasteiger partial charge in [-0.15, -0.1) is 0 Å². The summed E-state index contributed by atoms with van der Waals surface area (Å²) in [6.07, 6.45) is 2.62. The number of benzene rings is 2. The third kappa shape index (κ3) is 2.16. The first-order chi connectivity index (χ1) is 11.7. The van der Waals surface area contributed by atoms with Crippen LogP contribution in [0, 0.1) is 0 Å². The van der Waals surface area contributed by atoms with Crippen molar-refractivity contribution in [1.82, 2.24) is 9.97 Å². The Bertz CT molecular complexity index is 910. The molecule has 3 aromatic rings. The summed E-state index contributed by atoms with van der Waals surface area (Å²) in [7, 11) is 3.27. The smallest absolute Gasteiger partial charge is 0.162 e. The van der Waals surface area contributed by atoms with Gasteiger partial charge in [-0.3, -0.25) is 0 Å². The van der Waals surface area contributed by atoms with Crippen molar-refractivity contribution in [3.63, 3.8) is 0 Å². The fourth-order valence-corrected chi connectivity index (χ4v) is 3.45. The van der Waals surface area contributed by atoms with Gasteiger partial charge in [0, 0.05) is 23.2 Å². The number of aromatic nitrogens is 2. The Labute approximate surface area is 140 Å². The SMILES string of the molecule is COc1cc2ncnc(N3c4ccccc4CC3C)c2cc1OC. The van der Waals surface area contributed by atoms with Crippen molar-refractivity contribution < 1.29 is 9.47 Å². The molecule has 1 aliphatic heterocycles. The Balaban J connectivity index is 1.94. The van der Waals surface area contributed by atoms with E-state index in [1.54, 1.807) is 20.5 Å². The minimum absolute atomic E-state index is 0.341. The second-order valence-electron chi connectivity index (χ2n) is 5.97. The van der Waals surface area contributed by atoms with E-state index in [0.29, 0.717) is 17.5 Å². The van der Waals surface area contributed by atoms with E-state index in [1.807, 2.05) is 12.1 Å². The molecule has 5 nitrogen and oxygen atoms in total. The Morgan fingerprint density at radius 1 is 1.04 bits per heavy atom. The molecule has 2 aromatic carbocycles. The molecule has 1 unspecified atom stereocenters. The highest BCUT2D eigenvalue weighted by Gasteiger charge is 2.29. The first-order valence-corrected chi connectivity index (χ1v) is 7.96. The lowest BCUT2D eigenvalue weighted by atomic mass is 10.1. The minimum Gasteiger partial charge on any atom is -0.493 e. The molecule has 1 aliphatic rings. The summed E-state index contributed by atoms with van der Waals surface area (Å²) in [5, 5.41) is 0.957. The zero-order valence-corrected chi connectivity index (χ0v) is 14.0. The normalized spacial score (nSPS) is 16.3. The van der Waals surface area contributed by atoms with E-state index in [-0.39, 0.29) is 0 Å². The number of ether oxygens (including phenoxy) is 2. The number of para-hydroxylation sites is 1. The van der Waals surface area contributed by atoms with Crippen LogP contribution in [0.4, 0.5) is 11.5 Å². The van der Waals surface area contributed by atoms with Gasteiger partial charge >= 0.3 is 0 Å². The topological polar surface area (TPSA) is 47.5 Å².